The second kappa shape index (κ2) is 5.78. The second-order valence-corrected chi connectivity index (χ2v) is 4.60. The molecule has 0 heterocycles. The summed E-state index contributed by atoms with van der Waals surface area (Å²) in [4.78, 5) is 11.9. The summed E-state index contributed by atoms with van der Waals surface area (Å²) < 4.78 is 14.0. The van der Waals surface area contributed by atoms with Crippen LogP contribution in [0.1, 0.15) is 10.4 Å². The molecule has 0 unspecified atom stereocenters. The van der Waals surface area contributed by atoms with Gasteiger partial charge in [0.15, 0.2) is 5.78 Å². The topological polar surface area (TPSA) is 29.1 Å². The molecule has 0 fully saturated rings. The van der Waals surface area contributed by atoms with Crippen molar-refractivity contribution in [3.63, 3.8) is 0 Å². The minimum absolute atomic E-state index is 0.0669. The van der Waals surface area contributed by atoms with Gasteiger partial charge in [-0.3, -0.25) is 4.79 Å². The Balaban J connectivity index is 2.07. The SMILES string of the molecule is O=C(CNc1ccccc1)c1cccc(Br)c1F. The summed E-state index contributed by atoms with van der Waals surface area (Å²) in [6, 6.07) is 14.0. The molecule has 0 radical (unpaired) electrons. The number of carbonyl (C=O) groups is 1. The minimum atomic E-state index is -0.516. The average molecular weight is 308 g/mol. The second-order valence-electron chi connectivity index (χ2n) is 3.74. The molecule has 2 aromatic carbocycles. The fourth-order valence-electron chi connectivity index (χ4n) is 1.55. The van der Waals surface area contributed by atoms with Crippen molar-refractivity contribution in [2.75, 3.05) is 11.9 Å². The third kappa shape index (κ3) is 2.96. The van der Waals surface area contributed by atoms with Gasteiger partial charge in [0.05, 0.1) is 16.6 Å². The number of hydrogen-bond acceptors (Lipinski definition) is 2. The minimum Gasteiger partial charge on any atom is -0.378 e. The van der Waals surface area contributed by atoms with Crippen molar-refractivity contribution >= 4 is 27.4 Å². The van der Waals surface area contributed by atoms with E-state index in [0.29, 0.717) is 4.47 Å². The number of nitrogens with one attached hydrogen (secondary N) is 1. The molecule has 0 aromatic heterocycles. The van der Waals surface area contributed by atoms with Gasteiger partial charge in [-0.2, -0.15) is 0 Å². The molecule has 2 aromatic rings. The summed E-state index contributed by atoms with van der Waals surface area (Å²) in [5, 5.41) is 2.96. The number of para-hydroxylation sites is 1. The van der Waals surface area contributed by atoms with Crippen LogP contribution >= 0.6 is 15.9 Å². The highest BCUT2D eigenvalue weighted by atomic mass is 79.9. The maximum Gasteiger partial charge on any atom is 0.184 e. The largest absolute Gasteiger partial charge is 0.378 e. The van der Waals surface area contributed by atoms with Gasteiger partial charge in [0.1, 0.15) is 5.82 Å². The lowest BCUT2D eigenvalue weighted by Crippen LogP contribution is -2.15. The first-order valence-corrected chi connectivity index (χ1v) is 6.24. The van der Waals surface area contributed by atoms with Gasteiger partial charge in [-0.25, -0.2) is 4.39 Å². The van der Waals surface area contributed by atoms with E-state index >= 15 is 0 Å². The third-order valence-corrected chi connectivity index (χ3v) is 3.09. The molecule has 2 nitrogen and oxygen atoms in total. The van der Waals surface area contributed by atoms with E-state index < -0.39 is 5.82 Å². The number of halogens is 2. The molecule has 2 rings (SSSR count). The summed E-state index contributed by atoms with van der Waals surface area (Å²) in [5.74, 6) is -0.796. The number of ketones is 1. The molecular formula is C14H11BrFNO. The lowest BCUT2D eigenvalue weighted by atomic mass is 10.1. The molecule has 0 saturated carbocycles. The van der Waals surface area contributed by atoms with Crippen molar-refractivity contribution in [1.82, 2.24) is 0 Å². The number of benzene rings is 2. The van der Waals surface area contributed by atoms with Gasteiger partial charge < -0.3 is 5.32 Å². The number of Topliss-reactive ketones (excluding diaryl/α,β-unsaturated/α-hetero) is 1. The van der Waals surface area contributed by atoms with Gasteiger partial charge in [0.2, 0.25) is 0 Å². The molecule has 18 heavy (non-hydrogen) atoms. The van der Waals surface area contributed by atoms with E-state index in [2.05, 4.69) is 21.2 Å². The maximum absolute atomic E-state index is 13.7. The van der Waals surface area contributed by atoms with E-state index in [9.17, 15) is 9.18 Å². The standard InChI is InChI=1S/C14H11BrFNO/c15-12-8-4-7-11(14(12)16)13(18)9-17-10-5-2-1-3-6-10/h1-8,17H,9H2. The molecule has 0 bridgehead atoms. The molecule has 92 valence electrons. The number of hydrogen-bond donors (Lipinski definition) is 1. The molecule has 4 heteroatoms. The molecule has 0 aliphatic carbocycles. The van der Waals surface area contributed by atoms with Crippen LogP contribution in [0.2, 0.25) is 0 Å². The molecule has 0 atom stereocenters. The Bertz CT molecular complexity index is 557. The van der Waals surface area contributed by atoms with E-state index in [1.165, 1.54) is 6.07 Å². The highest BCUT2D eigenvalue weighted by molar-refractivity contribution is 9.10. The third-order valence-electron chi connectivity index (χ3n) is 2.48. The van der Waals surface area contributed by atoms with Gasteiger partial charge in [0.25, 0.3) is 0 Å². The maximum atomic E-state index is 13.7. The van der Waals surface area contributed by atoms with Crippen LogP contribution < -0.4 is 5.32 Å². The van der Waals surface area contributed by atoms with Gasteiger partial charge in [0, 0.05) is 5.69 Å². The number of carbonyl (C=O) groups excluding carboxylic acids is 1. The van der Waals surface area contributed by atoms with Crippen LogP contribution in [0, 0.1) is 5.82 Å². The molecule has 0 saturated heterocycles. The van der Waals surface area contributed by atoms with Crippen LogP contribution in [-0.4, -0.2) is 12.3 Å². The average Bonchev–Trinajstić information content (AvgIpc) is 2.40. The van der Waals surface area contributed by atoms with Crippen molar-refractivity contribution in [1.29, 1.82) is 0 Å². The lowest BCUT2D eigenvalue weighted by molar-refractivity contribution is 0.100. The molecule has 0 spiro atoms. The van der Waals surface area contributed by atoms with Crippen LogP contribution in [0.15, 0.2) is 53.0 Å². The number of rotatable bonds is 4. The molecule has 1 N–H and O–H groups in total. The zero-order valence-corrected chi connectivity index (χ0v) is 11.1. The Morgan fingerprint density at radius 2 is 1.83 bits per heavy atom. The Kier molecular flexibility index (Phi) is 4.10. The summed E-state index contributed by atoms with van der Waals surface area (Å²) in [6.45, 7) is 0.0669. The fraction of sp³-hybridized carbons (Fsp3) is 0.0714. The lowest BCUT2D eigenvalue weighted by Gasteiger charge is -2.06. The van der Waals surface area contributed by atoms with Crippen LogP contribution in [0.5, 0.6) is 0 Å². The van der Waals surface area contributed by atoms with Crippen LogP contribution in [0.4, 0.5) is 10.1 Å². The van der Waals surface area contributed by atoms with Crippen molar-refractivity contribution < 1.29 is 9.18 Å². The van der Waals surface area contributed by atoms with E-state index in [4.69, 9.17) is 0 Å². The van der Waals surface area contributed by atoms with Gasteiger partial charge in [-0.15, -0.1) is 0 Å². The van der Waals surface area contributed by atoms with Crippen molar-refractivity contribution in [2.45, 2.75) is 0 Å². The predicted molar refractivity (Wildman–Crippen MR) is 73.4 cm³/mol. The first-order valence-electron chi connectivity index (χ1n) is 5.44. The zero-order valence-electron chi connectivity index (χ0n) is 9.49. The van der Waals surface area contributed by atoms with E-state index in [-0.39, 0.29) is 17.9 Å². The van der Waals surface area contributed by atoms with Crippen LogP contribution in [-0.2, 0) is 0 Å². The molecule has 0 aliphatic rings. The van der Waals surface area contributed by atoms with E-state index in [0.717, 1.165) is 5.69 Å². The summed E-state index contributed by atoms with van der Waals surface area (Å²) in [5.41, 5.74) is 0.925. The first kappa shape index (κ1) is 12.8. The zero-order chi connectivity index (χ0) is 13.0. The Labute approximate surface area is 113 Å². The van der Waals surface area contributed by atoms with Gasteiger partial charge in [-0.1, -0.05) is 24.3 Å². The Morgan fingerprint density at radius 3 is 2.56 bits per heavy atom. The summed E-state index contributed by atoms with van der Waals surface area (Å²) in [7, 11) is 0. The van der Waals surface area contributed by atoms with Gasteiger partial charge >= 0.3 is 0 Å². The van der Waals surface area contributed by atoms with Crippen molar-refractivity contribution in [2.24, 2.45) is 0 Å². The van der Waals surface area contributed by atoms with Crippen LogP contribution in [0.3, 0.4) is 0 Å². The highest BCUT2D eigenvalue weighted by Gasteiger charge is 2.13. The van der Waals surface area contributed by atoms with Crippen LogP contribution in [0.25, 0.3) is 0 Å². The molecular weight excluding hydrogens is 297 g/mol. The highest BCUT2D eigenvalue weighted by Crippen LogP contribution is 2.19. The van der Waals surface area contributed by atoms with Crippen molar-refractivity contribution in [3.8, 4) is 0 Å². The first-order chi connectivity index (χ1) is 8.68. The normalized spacial score (nSPS) is 10.1. The molecule has 0 aliphatic heterocycles. The quantitative estimate of drug-likeness (QED) is 0.868. The predicted octanol–water partition coefficient (Wildman–Crippen LogP) is 3.88. The summed E-state index contributed by atoms with van der Waals surface area (Å²) in [6.07, 6.45) is 0. The Morgan fingerprint density at radius 1 is 1.11 bits per heavy atom. The number of anilines is 1. The van der Waals surface area contributed by atoms with E-state index in [1.807, 2.05) is 30.3 Å². The van der Waals surface area contributed by atoms with Gasteiger partial charge in [-0.05, 0) is 40.2 Å². The van der Waals surface area contributed by atoms with Crippen molar-refractivity contribution in [3.05, 3.63) is 64.4 Å². The Hall–Kier alpha value is -1.68. The monoisotopic (exact) mass is 307 g/mol. The van der Waals surface area contributed by atoms with E-state index in [1.54, 1.807) is 12.1 Å². The summed E-state index contributed by atoms with van der Waals surface area (Å²) >= 11 is 3.06. The smallest absolute Gasteiger partial charge is 0.184 e. The molecule has 0 amide bonds. The fourth-order valence-corrected chi connectivity index (χ4v) is 1.92.